The second-order valence-corrected chi connectivity index (χ2v) is 7.13. The molecule has 0 aromatic heterocycles. The number of carbonyl (C=O) groups excluding carboxylic acids is 2. The van der Waals surface area contributed by atoms with Crippen LogP contribution in [-0.2, 0) is 22.6 Å². The molecule has 0 heterocycles. The van der Waals surface area contributed by atoms with Gasteiger partial charge in [0.05, 0.1) is 0 Å². The van der Waals surface area contributed by atoms with E-state index in [2.05, 4.69) is 5.32 Å². The number of halogens is 1. The van der Waals surface area contributed by atoms with E-state index in [1.807, 2.05) is 44.2 Å². The van der Waals surface area contributed by atoms with Crippen LogP contribution in [0.1, 0.15) is 44.7 Å². The van der Waals surface area contributed by atoms with Crippen LogP contribution < -0.4 is 5.32 Å². The van der Waals surface area contributed by atoms with Crippen molar-refractivity contribution in [1.82, 2.24) is 10.2 Å². The molecule has 2 amide bonds. The second kappa shape index (κ2) is 10.6. The summed E-state index contributed by atoms with van der Waals surface area (Å²) in [5.74, 6) is -0.599. The fourth-order valence-electron chi connectivity index (χ4n) is 2.87. The molecule has 5 heteroatoms. The monoisotopic (exact) mass is 384 g/mol. The van der Waals surface area contributed by atoms with E-state index in [0.29, 0.717) is 12.8 Å². The van der Waals surface area contributed by atoms with Crippen molar-refractivity contribution in [1.29, 1.82) is 0 Å². The van der Waals surface area contributed by atoms with Crippen LogP contribution in [0.5, 0.6) is 0 Å². The van der Waals surface area contributed by atoms with Crippen LogP contribution in [0.2, 0.25) is 0 Å². The van der Waals surface area contributed by atoms with E-state index in [-0.39, 0.29) is 30.2 Å². The van der Waals surface area contributed by atoms with Gasteiger partial charge < -0.3 is 10.2 Å². The smallest absolute Gasteiger partial charge is 0.242 e. The maximum atomic E-state index is 13.2. The Kier molecular flexibility index (Phi) is 8.18. The molecule has 2 aromatic carbocycles. The van der Waals surface area contributed by atoms with Crippen LogP contribution in [0, 0.1) is 5.82 Å². The minimum atomic E-state index is -0.609. The van der Waals surface area contributed by atoms with E-state index in [4.69, 9.17) is 0 Å². The number of carbonyl (C=O) groups is 2. The van der Waals surface area contributed by atoms with Gasteiger partial charge in [0.25, 0.3) is 0 Å². The number of amides is 2. The minimum Gasteiger partial charge on any atom is -0.352 e. The maximum absolute atomic E-state index is 13.2. The highest BCUT2D eigenvalue weighted by Crippen LogP contribution is 2.14. The van der Waals surface area contributed by atoms with Gasteiger partial charge in [-0.2, -0.15) is 0 Å². The summed E-state index contributed by atoms with van der Waals surface area (Å²) >= 11 is 0. The maximum Gasteiger partial charge on any atom is 0.242 e. The third-order valence-electron chi connectivity index (χ3n) is 4.90. The van der Waals surface area contributed by atoms with E-state index in [9.17, 15) is 14.0 Å². The molecule has 0 saturated carbocycles. The zero-order valence-electron chi connectivity index (χ0n) is 16.8. The Morgan fingerprint density at radius 3 is 2.25 bits per heavy atom. The van der Waals surface area contributed by atoms with Gasteiger partial charge in [0, 0.05) is 19.0 Å². The number of hydrogen-bond donors (Lipinski definition) is 1. The highest BCUT2D eigenvalue weighted by molar-refractivity contribution is 5.87. The summed E-state index contributed by atoms with van der Waals surface area (Å²) in [6.45, 7) is 5.94. The molecule has 0 spiro atoms. The lowest BCUT2D eigenvalue weighted by atomic mass is 10.1. The van der Waals surface area contributed by atoms with Crippen molar-refractivity contribution >= 4 is 11.8 Å². The largest absolute Gasteiger partial charge is 0.352 e. The lowest BCUT2D eigenvalue weighted by Crippen LogP contribution is -2.49. The Bertz CT molecular complexity index is 762. The van der Waals surface area contributed by atoms with Crippen LogP contribution in [0.15, 0.2) is 54.6 Å². The molecular formula is C23H29FN2O2. The van der Waals surface area contributed by atoms with Gasteiger partial charge in [0.1, 0.15) is 11.9 Å². The number of aryl methyl sites for hydroxylation is 1. The normalized spacial score (nSPS) is 12.9. The zero-order chi connectivity index (χ0) is 20.5. The number of hydrogen-bond acceptors (Lipinski definition) is 2. The predicted molar refractivity (Wildman–Crippen MR) is 109 cm³/mol. The summed E-state index contributed by atoms with van der Waals surface area (Å²) in [5, 5.41) is 2.94. The first-order chi connectivity index (χ1) is 13.4. The lowest BCUT2D eigenvalue weighted by molar-refractivity contribution is -0.140. The summed E-state index contributed by atoms with van der Waals surface area (Å²) < 4.78 is 13.2. The van der Waals surface area contributed by atoms with Crippen molar-refractivity contribution < 1.29 is 14.0 Å². The molecule has 28 heavy (non-hydrogen) atoms. The van der Waals surface area contributed by atoms with Gasteiger partial charge in [-0.3, -0.25) is 9.59 Å². The molecule has 2 aromatic rings. The molecule has 0 aliphatic carbocycles. The standard InChI is InChI=1S/C23H29FN2O2/c1-4-17(2)25-23(28)18(3)26(16-20-10-13-21(24)14-11-20)22(27)15-12-19-8-6-5-7-9-19/h5-11,13-14,17-18H,4,12,15-16H2,1-3H3,(H,25,28). The van der Waals surface area contributed by atoms with Crippen molar-refractivity contribution in [3.8, 4) is 0 Å². The first-order valence-electron chi connectivity index (χ1n) is 9.79. The number of benzene rings is 2. The summed E-state index contributed by atoms with van der Waals surface area (Å²) in [5.41, 5.74) is 1.87. The molecule has 4 nitrogen and oxygen atoms in total. The van der Waals surface area contributed by atoms with Gasteiger partial charge in [-0.25, -0.2) is 4.39 Å². The molecule has 0 bridgehead atoms. The van der Waals surface area contributed by atoms with Crippen molar-refractivity contribution in [2.24, 2.45) is 0 Å². The number of nitrogens with zero attached hydrogens (tertiary/aromatic N) is 1. The third-order valence-corrected chi connectivity index (χ3v) is 4.90. The van der Waals surface area contributed by atoms with Crippen molar-refractivity contribution in [3.63, 3.8) is 0 Å². The van der Waals surface area contributed by atoms with Crippen molar-refractivity contribution in [2.45, 2.75) is 58.7 Å². The number of rotatable bonds is 9. The quantitative estimate of drug-likeness (QED) is 0.708. The molecule has 0 radical (unpaired) electrons. The fourth-order valence-corrected chi connectivity index (χ4v) is 2.87. The van der Waals surface area contributed by atoms with Gasteiger partial charge in [0.15, 0.2) is 0 Å². The second-order valence-electron chi connectivity index (χ2n) is 7.13. The average Bonchev–Trinajstić information content (AvgIpc) is 2.71. The van der Waals surface area contributed by atoms with Crippen molar-refractivity contribution in [2.75, 3.05) is 0 Å². The predicted octanol–water partition coefficient (Wildman–Crippen LogP) is 4.09. The molecule has 2 unspecified atom stereocenters. The Balaban J connectivity index is 2.12. The van der Waals surface area contributed by atoms with Gasteiger partial charge in [-0.05, 0) is 49.9 Å². The van der Waals surface area contributed by atoms with Gasteiger partial charge in [-0.1, -0.05) is 49.4 Å². The van der Waals surface area contributed by atoms with E-state index >= 15 is 0 Å². The highest BCUT2D eigenvalue weighted by atomic mass is 19.1. The summed E-state index contributed by atoms with van der Waals surface area (Å²) in [6.07, 6.45) is 1.74. The van der Waals surface area contributed by atoms with Crippen LogP contribution >= 0.6 is 0 Å². The lowest BCUT2D eigenvalue weighted by Gasteiger charge is -2.29. The molecule has 0 aliphatic heterocycles. The van der Waals surface area contributed by atoms with Crippen LogP contribution in [0.3, 0.4) is 0 Å². The van der Waals surface area contributed by atoms with Gasteiger partial charge in [-0.15, -0.1) is 0 Å². The molecule has 1 N–H and O–H groups in total. The Morgan fingerprint density at radius 2 is 1.64 bits per heavy atom. The topological polar surface area (TPSA) is 49.4 Å². The molecule has 2 atom stereocenters. The molecule has 0 fully saturated rings. The van der Waals surface area contributed by atoms with E-state index in [0.717, 1.165) is 17.5 Å². The Labute approximate surface area is 166 Å². The molecule has 0 saturated heterocycles. The Morgan fingerprint density at radius 1 is 1.00 bits per heavy atom. The minimum absolute atomic E-state index is 0.0436. The first-order valence-corrected chi connectivity index (χ1v) is 9.79. The third kappa shape index (κ3) is 6.48. The van der Waals surface area contributed by atoms with Gasteiger partial charge >= 0.3 is 0 Å². The highest BCUT2D eigenvalue weighted by Gasteiger charge is 2.26. The molecule has 2 rings (SSSR count). The molecular weight excluding hydrogens is 355 g/mol. The van der Waals surface area contributed by atoms with Crippen LogP contribution in [0.25, 0.3) is 0 Å². The van der Waals surface area contributed by atoms with Gasteiger partial charge in [0.2, 0.25) is 11.8 Å². The molecule has 150 valence electrons. The SMILES string of the molecule is CCC(C)NC(=O)C(C)N(Cc1ccc(F)cc1)C(=O)CCc1ccccc1. The first kappa shape index (κ1) is 21.6. The fraction of sp³-hybridized carbons (Fsp3) is 0.391. The van der Waals surface area contributed by atoms with Crippen molar-refractivity contribution in [3.05, 3.63) is 71.5 Å². The number of nitrogens with one attached hydrogen (secondary N) is 1. The van der Waals surface area contributed by atoms with Crippen LogP contribution in [-0.4, -0.2) is 28.8 Å². The van der Waals surface area contributed by atoms with E-state index in [1.165, 1.54) is 12.1 Å². The van der Waals surface area contributed by atoms with E-state index in [1.54, 1.807) is 24.0 Å². The van der Waals surface area contributed by atoms with Crippen LogP contribution in [0.4, 0.5) is 4.39 Å². The summed E-state index contributed by atoms with van der Waals surface area (Å²) in [7, 11) is 0. The Hall–Kier alpha value is -2.69. The summed E-state index contributed by atoms with van der Waals surface area (Å²) in [4.78, 5) is 27.2. The zero-order valence-corrected chi connectivity index (χ0v) is 16.8. The molecule has 0 aliphatic rings. The summed E-state index contributed by atoms with van der Waals surface area (Å²) in [6, 6.07) is 15.2. The van der Waals surface area contributed by atoms with E-state index < -0.39 is 6.04 Å². The average molecular weight is 384 g/mol.